The van der Waals surface area contributed by atoms with E-state index in [2.05, 4.69) is 10.00 Å². The summed E-state index contributed by atoms with van der Waals surface area (Å²) in [5.74, 6) is 6.37. The zero-order valence-corrected chi connectivity index (χ0v) is 11.6. The average Bonchev–Trinajstić information content (AvgIpc) is 2.31. The largest absolute Gasteiger partial charge is 0.382 e. The number of aromatic nitrogens is 2. The maximum Gasteiger partial charge on any atom is 0.164 e. The Morgan fingerprint density at radius 2 is 2.32 bits per heavy atom. The standard InChI is InChI=1S/C12H21N5O2/c1-12(2)8-16(6-9(19-12)7-18-3)11-5-4-10(13)17(14)15-11/h4-5,9,13H,6-8,14H2,1-3H3. The summed E-state index contributed by atoms with van der Waals surface area (Å²) in [5.41, 5.74) is -0.105. The third kappa shape index (κ3) is 3.24. The molecule has 0 amide bonds. The third-order valence-corrected chi connectivity index (χ3v) is 3.01. The minimum atomic E-state index is -0.276. The van der Waals surface area contributed by atoms with Gasteiger partial charge in [-0.25, -0.2) is 0 Å². The van der Waals surface area contributed by atoms with Gasteiger partial charge in [-0.15, -0.1) is 5.10 Å². The number of hydrogen-bond donors (Lipinski definition) is 2. The van der Waals surface area contributed by atoms with Gasteiger partial charge in [0.2, 0.25) is 0 Å². The van der Waals surface area contributed by atoms with Crippen LogP contribution in [0.3, 0.4) is 0 Å². The number of nitrogens with zero attached hydrogens (tertiary/aromatic N) is 3. The first-order chi connectivity index (χ1) is 8.91. The fourth-order valence-corrected chi connectivity index (χ4v) is 2.34. The Morgan fingerprint density at radius 1 is 1.58 bits per heavy atom. The predicted octanol–water partition coefficient (Wildman–Crippen LogP) is -0.293. The van der Waals surface area contributed by atoms with Gasteiger partial charge in [0.25, 0.3) is 0 Å². The molecule has 1 fully saturated rings. The molecular formula is C12H21N5O2. The molecule has 0 bridgehead atoms. The van der Waals surface area contributed by atoms with Crippen LogP contribution in [-0.2, 0) is 9.47 Å². The second-order valence-corrected chi connectivity index (χ2v) is 5.36. The van der Waals surface area contributed by atoms with Gasteiger partial charge in [-0.1, -0.05) is 0 Å². The van der Waals surface area contributed by atoms with Gasteiger partial charge in [-0.3, -0.25) is 5.41 Å². The number of hydrogen-bond acceptors (Lipinski definition) is 6. The highest BCUT2D eigenvalue weighted by molar-refractivity contribution is 5.38. The lowest BCUT2D eigenvalue weighted by molar-refractivity contribution is -0.106. The zero-order valence-electron chi connectivity index (χ0n) is 11.6. The zero-order chi connectivity index (χ0) is 14.0. The number of methoxy groups -OCH3 is 1. The van der Waals surface area contributed by atoms with Crippen molar-refractivity contribution >= 4 is 5.82 Å². The Morgan fingerprint density at radius 3 is 2.95 bits per heavy atom. The fourth-order valence-electron chi connectivity index (χ4n) is 2.34. The minimum absolute atomic E-state index is 0.00236. The first-order valence-corrected chi connectivity index (χ1v) is 6.23. The molecule has 0 aliphatic carbocycles. The molecule has 19 heavy (non-hydrogen) atoms. The lowest BCUT2D eigenvalue weighted by Gasteiger charge is -2.43. The van der Waals surface area contributed by atoms with Crippen LogP contribution in [0.25, 0.3) is 0 Å². The summed E-state index contributed by atoms with van der Waals surface area (Å²) >= 11 is 0. The van der Waals surface area contributed by atoms with Crippen LogP contribution in [0.1, 0.15) is 13.8 Å². The Balaban J connectivity index is 2.22. The van der Waals surface area contributed by atoms with Crippen molar-refractivity contribution in [1.29, 1.82) is 5.41 Å². The second kappa shape index (κ2) is 5.18. The van der Waals surface area contributed by atoms with Crippen molar-refractivity contribution in [2.24, 2.45) is 0 Å². The van der Waals surface area contributed by atoms with Crippen molar-refractivity contribution < 1.29 is 9.47 Å². The molecule has 1 aromatic rings. The van der Waals surface area contributed by atoms with Gasteiger partial charge < -0.3 is 20.2 Å². The van der Waals surface area contributed by atoms with E-state index in [1.54, 1.807) is 19.2 Å². The highest BCUT2D eigenvalue weighted by atomic mass is 16.5. The van der Waals surface area contributed by atoms with Gasteiger partial charge in [-0.05, 0) is 26.0 Å². The number of nitrogens with two attached hydrogens (primary N) is 1. The maximum absolute atomic E-state index is 7.53. The predicted molar refractivity (Wildman–Crippen MR) is 71.3 cm³/mol. The summed E-state index contributed by atoms with van der Waals surface area (Å²) in [5, 5.41) is 11.7. The van der Waals surface area contributed by atoms with Crippen molar-refractivity contribution in [1.82, 2.24) is 9.89 Å². The van der Waals surface area contributed by atoms with Crippen molar-refractivity contribution in [2.45, 2.75) is 25.6 Å². The first kappa shape index (κ1) is 13.8. The third-order valence-electron chi connectivity index (χ3n) is 3.01. The molecule has 1 unspecified atom stereocenters. The summed E-state index contributed by atoms with van der Waals surface area (Å²) in [6, 6.07) is 3.44. The highest BCUT2D eigenvalue weighted by Crippen LogP contribution is 2.24. The fraction of sp³-hybridized carbons (Fsp3) is 0.667. The van der Waals surface area contributed by atoms with Crippen LogP contribution in [0.15, 0.2) is 12.1 Å². The Hall–Kier alpha value is -1.60. The monoisotopic (exact) mass is 267 g/mol. The van der Waals surface area contributed by atoms with Gasteiger partial charge >= 0.3 is 0 Å². The molecule has 2 heterocycles. The van der Waals surface area contributed by atoms with Gasteiger partial charge in [-0.2, -0.15) is 4.79 Å². The van der Waals surface area contributed by atoms with Crippen LogP contribution in [0.5, 0.6) is 0 Å². The summed E-state index contributed by atoms with van der Waals surface area (Å²) in [6.07, 6.45) is -0.00236. The molecule has 0 aromatic carbocycles. The highest BCUT2D eigenvalue weighted by Gasteiger charge is 2.34. The normalized spacial score (nSPS) is 22.5. The Labute approximate surface area is 112 Å². The minimum Gasteiger partial charge on any atom is -0.382 e. The molecule has 1 aliphatic heterocycles. The number of rotatable bonds is 3. The van der Waals surface area contributed by atoms with E-state index in [1.807, 2.05) is 13.8 Å². The van der Waals surface area contributed by atoms with E-state index in [0.29, 0.717) is 13.2 Å². The molecule has 7 nitrogen and oxygen atoms in total. The summed E-state index contributed by atoms with van der Waals surface area (Å²) in [6.45, 7) is 6.03. The van der Waals surface area contributed by atoms with Gasteiger partial charge in [0, 0.05) is 20.2 Å². The van der Waals surface area contributed by atoms with E-state index in [0.717, 1.165) is 17.2 Å². The van der Waals surface area contributed by atoms with Crippen LogP contribution >= 0.6 is 0 Å². The van der Waals surface area contributed by atoms with Crippen LogP contribution < -0.4 is 16.2 Å². The second-order valence-electron chi connectivity index (χ2n) is 5.36. The molecular weight excluding hydrogens is 246 g/mol. The first-order valence-electron chi connectivity index (χ1n) is 6.23. The summed E-state index contributed by atoms with van der Waals surface area (Å²) < 4.78 is 11.1. The molecule has 0 spiro atoms. The Kier molecular flexibility index (Phi) is 3.77. The van der Waals surface area contributed by atoms with Gasteiger partial charge in [0.05, 0.1) is 18.3 Å². The SMILES string of the molecule is COCC1CN(c2ccc(=N)n(N)n2)CC(C)(C)O1. The summed E-state index contributed by atoms with van der Waals surface area (Å²) in [4.78, 5) is 3.18. The van der Waals surface area contributed by atoms with E-state index >= 15 is 0 Å². The number of anilines is 1. The number of ether oxygens (including phenoxy) is 2. The van der Waals surface area contributed by atoms with Gasteiger partial charge in [0.15, 0.2) is 11.3 Å². The van der Waals surface area contributed by atoms with Crippen molar-refractivity contribution in [3.8, 4) is 0 Å². The van der Waals surface area contributed by atoms with E-state index < -0.39 is 0 Å². The van der Waals surface area contributed by atoms with Crippen LogP contribution in [-0.4, -0.2) is 48.4 Å². The quantitative estimate of drug-likeness (QED) is 0.734. The molecule has 106 valence electrons. The molecule has 3 N–H and O–H groups in total. The van der Waals surface area contributed by atoms with Gasteiger partial charge in [0.1, 0.15) is 0 Å². The van der Waals surface area contributed by atoms with Crippen molar-refractivity contribution in [3.05, 3.63) is 17.6 Å². The number of nitrogen functional groups attached to an aromatic ring is 1. The van der Waals surface area contributed by atoms with Crippen LogP contribution in [0, 0.1) is 5.41 Å². The van der Waals surface area contributed by atoms with Crippen LogP contribution in [0.4, 0.5) is 5.82 Å². The molecule has 1 aromatic heterocycles. The van der Waals surface area contributed by atoms with E-state index in [4.69, 9.17) is 20.7 Å². The van der Waals surface area contributed by atoms with E-state index in [9.17, 15) is 0 Å². The average molecular weight is 267 g/mol. The van der Waals surface area contributed by atoms with E-state index in [1.165, 1.54) is 0 Å². The van der Waals surface area contributed by atoms with Crippen LogP contribution in [0.2, 0.25) is 0 Å². The Bertz CT molecular complexity index is 499. The smallest absolute Gasteiger partial charge is 0.164 e. The lowest BCUT2D eigenvalue weighted by Crippen LogP contribution is -2.54. The number of morpholine rings is 1. The molecule has 7 heteroatoms. The molecule has 0 radical (unpaired) electrons. The lowest BCUT2D eigenvalue weighted by atomic mass is 10.1. The number of nitrogens with one attached hydrogen (secondary N) is 1. The molecule has 1 saturated heterocycles. The maximum atomic E-state index is 7.53. The topological polar surface area (TPSA) is 89.4 Å². The molecule has 1 atom stereocenters. The summed E-state index contributed by atoms with van der Waals surface area (Å²) in [7, 11) is 1.66. The van der Waals surface area contributed by atoms with Crippen molar-refractivity contribution in [2.75, 3.05) is 37.5 Å². The molecule has 2 rings (SSSR count). The van der Waals surface area contributed by atoms with Crippen molar-refractivity contribution in [3.63, 3.8) is 0 Å². The van der Waals surface area contributed by atoms with E-state index in [-0.39, 0.29) is 17.2 Å². The molecule has 1 aliphatic rings. The molecule has 0 saturated carbocycles.